The Bertz CT molecular complexity index is 1790. The number of hydrogen-bond acceptors (Lipinski definition) is 6. The highest BCUT2D eigenvalue weighted by Gasteiger charge is 2.37. The largest absolute Gasteiger partial charge is 0.489 e. The van der Waals surface area contributed by atoms with Crippen molar-refractivity contribution in [1.82, 2.24) is 5.32 Å². The van der Waals surface area contributed by atoms with E-state index in [1.165, 1.54) is 19.2 Å². The molecule has 0 saturated heterocycles. The van der Waals surface area contributed by atoms with Crippen LogP contribution in [0.4, 0.5) is 18.9 Å². The average Bonchev–Trinajstić information content (AvgIpc) is 3.70. The molecule has 0 aliphatic heterocycles. The molecule has 0 radical (unpaired) electrons. The lowest BCUT2D eigenvalue weighted by Gasteiger charge is -2.26. The smallest absolute Gasteiger partial charge is 0.455 e. The Hall–Kier alpha value is -3.52. The molecule has 0 unspecified atom stereocenters. The van der Waals surface area contributed by atoms with Crippen LogP contribution in [-0.4, -0.2) is 44.8 Å². The molecule has 4 aromatic rings. The van der Waals surface area contributed by atoms with Gasteiger partial charge in [-0.05, 0) is 71.7 Å². The third-order valence-electron chi connectivity index (χ3n) is 7.11. The monoisotopic (exact) mass is 620 g/mol. The molecular formula is C28H25BClF3N2O6S. The number of nitrogens with one attached hydrogen (secondary N) is 1. The van der Waals surface area contributed by atoms with Gasteiger partial charge in [-0.2, -0.15) is 13.2 Å². The van der Waals surface area contributed by atoms with Crippen LogP contribution in [0.3, 0.4) is 0 Å². The van der Waals surface area contributed by atoms with Crippen LogP contribution in [0.5, 0.6) is 0 Å². The number of anilines is 1. The van der Waals surface area contributed by atoms with E-state index in [0.29, 0.717) is 27.6 Å². The predicted octanol–water partition coefficient (Wildman–Crippen LogP) is 4.66. The van der Waals surface area contributed by atoms with Gasteiger partial charge in [-0.3, -0.25) is 9.10 Å². The highest BCUT2D eigenvalue weighted by atomic mass is 35.5. The van der Waals surface area contributed by atoms with Crippen molar-refractivity contribution < 1.29 is 40.8 Å². The van der Waals surface area contributed by atoms with Gasteiger partial charge in [-0.1, -0.05) is 23.7 Å². The van der Waals surface area contributed by atoms with E-state index in [-0.39, 0.29) is 34.1 Å². The highest BCUT2D eigenvalue weighted by molar-refractivity contribution is 7.92. The normalized spacial score (nSPS) is 13.8. The maximum absolute atomic E-state index is 13.7. The van der Waals surface area contributed by atoms with Crippen molar-refractivity contribution in [3.63, 3.8) is 0 Å². The zero-order valence-corrected chi connectivity index (χ0v) is 23.9. The van der Waals surface area contributed by atoms with E-state index >= 15 is 0 Å². The first-order valence-electron chi connectivity index (χ1n) is 12.8. The number of benzene rings is 3. The summed E-state index contributed by atoms with van der Waals surface area (Å²) in [6.07, 6.45) is -2.45. The summed E-state index contributed by atoms with van der Waals surface area (Å²) in [4.78, 5) is 13.0. The van der Waals surface area contributed by atoms with Crippen molar-refractivity contribution in [3.8, 4) is 11.3 Å². The molecule has 1 amide bonds. The Morgan fingerprint density at radius 1 is 1.12 bits per heavy atom. The summed E-state index contributed by atoms with van der Waals surface area (Å²) in [5.74, 6) is -0.199. The number of furan rings is 1. The minimum atomic E-state index is -4.91. The van der Waals surface area contributed by atoms with Gasteiger partial charge in [-0.15, -0.1) is 0 Å². The Morgan fingerprint density at radius 3 is 2.33 bits per heavy atom. The van der Waals surface area contributed by atoms with Crippen LogP contribution in [0, 0.1) is 0 Å². The first kappa shape index (κ1) is 30.0. The fraction of sp³-hybridized carbons (Fsp3) is 0.250. The van der Waals surface area contributed by atoms with Gasteiger partial charge in [0.2, 0.25) is 10.0 Å². The quantitative estimate of drug-likeness (QED) is 0.247. The van der Waals surface area contributed by atoms with Crippen LogP contribution in [0.25, 0.3) is 22.3 Å². The molecule has 0 bridgehead atoms. The van der Waals surface area contributed by atoms with Gasteiger partial charge in [-0.25, -0.2) is 8.42 Å². The predicted molar refractivity (Wildman–Crippen MR) is 154 cm³/mol. The van der Waals surface area contributed by atoms with Gasteiger partial charge in [0.1, 0.15) is 11.3 Å². The Balaban J connectivity index is 1.69. The summed E-state index contributed by atoms with van der Waals surface area (Å²) in [5, 5.41) is 22.4. The summed E-state index contributed by atoms with van der Waals surface area (Å²) in [5.41, 5.74) is -0.198. The van der Waals surface area contributed by atoms with Crippen molar-refractivity contribution in [1.29, 1.82) is 0 Å². The molecule has 220 valence electrons. The number of amides is 1. The zero-order valence-electron chi connectivity index (χ0n) is 22.4. The maximum atomic E-state index is 13.7. The summed E-state index contributed by atoms with van der Waals surface area (Å²) < 4.78 is 74.5. The minimum Gasteiger partial charge on any atom is -0.455 e. The number of alkyl halides is 3. The molecule has 1 aromatic heterocycles. The first-order valence-corrected chi connectivity index (χ1v) is 15.0. The van der Waals surface area contributed by atoms with Crippen molar-refractivity contribution in [2.75, 3.05) is 17.6 Å². The highest BCUT2D eigenvalue weighted by Crippen LogP contribution is 2.48. The fourth-order valence-electron chi connectivity index (χ4n) is 4.96. The number of rotatable bonds is 8. The standard InChI is InChI=1S/C28H25BClF3N2O6S/c1-34-27(36)25-20-12-19(16-4-5-16)23(13-24(20)41-26(25)17-6-8-18(30)9-7-17)35(42(2,39)40)14-15-3-10-22(29(37)38)21(11-15)28(31,32)33/h3,6-13,16,37-38H,4-5,14H2,1-2H3,(H,34,36). The fourth-order valence-corrected chi connectivity index (χ4v) is 5.99. The second kappa shape index (κ2) is 11.0. The summed E-state index contributed by atoms with van der Waals surface area (Å²) in [7, 11) is -4.94. The Labute approximate surface area is 244 Å². The number of nitrogens with zero attached hydrogens (tertiary/aromatic N) is 1. The summed E-state index contributed by atoms with van der Waals surface area (Å²) in [6.45, 7) is -0.470. The SMILES string of the molecule is CNC(=O)c1c(-c2ccc(Cl)cc2)oc2cc(N(Cc3ccc(B(O)O)c(C(F)(F)F)c3)S(C)(=O)=O)c(C3CC3)cc12. The topological polar surface area (TPSA) is 120 Å². The number of fused-ring (bicyclic) bond motifs is 1. The lowest BCUT2D eigenvalue weighted by atomic mass is 9.76. The third-order valence-corrected chi connectivity index (χ3v) is 8.49. The molecule has 1 aliphatic rings. The molecule has 1 heterocycles. The second-order valence-electron chi connectivity index (χ2n) is 10.1. The van der Waals surface area contributed by atoms with E-state index in [0.717, 1.165) is 29.5 Å². The van der Waals surface area contributed by atoms with E-state index < -0.39 is 46.8 Å². The van der Waals surface area contributed by atoms with Gasteiger partial charge in [0.15, 0.2) is 0 Å². The molecule has 3 N–H and O–H groups in total. The minimum absolute atomic E-state index is 0.0219. The van der Waals surface area contributed by atoms with Crippen LogP contribution >= 0.6 is 11.6 Å². The van der Waals surface area contributed by atoms with Crippen molar-refractivity contribution >= 4 is 56.8 Å². The Kier molecular flexibility index (Phi) is 7.82. The van der Waals surface area contributed by atoms with Gasteiger partial charge in [0.25, 0.3) is 5.91 Å². The van der Waals surface area contributed by atoms with Gasteiger partial charge in [0.05, 0.1) is 29.6 Å². The van der Waals surface area contributed by atoms with E-state index in [1.54, 1.807) is 30.3 Å². The molecule has 1 saturated carbocycles. The summed E-state index contributed by atoms with van der Waals surface area (Å²) in [6, 6.07) is 12.7. The molecule has 0 atom stereocenters. The van der Waals surface area contributed by atoms with Crippen molar-refractivity contribution in [2.45, 2.75) is 31.5 Å². The van der Waals surface area contributed by atoms with Gasteiger partial charge < -0.3 is 19.8 Å². The second-order valence-corrected chi connectivity index (χ2v) is 12.5. The molecule has 0 spiro atoms. The zero-order chi connectivity index (χ0) is 30.6. The van der Waals surface area contributed by atoms with Crippen LogP contribution in [0.2, 0.25) is 5.02 Å². The molecule has 1 fully saturated rings. The third kappa shape index (κ3) is 5.87. The molecule has 3 aromatic carbocycles. The molecule has 14 heteroatoms. The number of carbonyl (C=O) groups is 1. The van der Waals surface area contributed by atoms with Crippen LogP contribution in [0.1, 0.15) is 45.8 Å². The van der Waals surface area contributed by atoms with Crippen molar-refractivity contribution in [3.05, 3.63) is 81.9 Å². The number of hydrogen-bond donors (Lipinski definition) is 3. The molecule has 8 nitrogen and oxygen atoms in total. The molecule has 5 rings (SSSR count). The molecule has 42 heavy (non-hydrogen) atoms. The van der Waals surface area contributed by atoms with Crippen LogP contribution in [0.15, 0.2) is 59.0 Å². The number of sulfonamides is 1. The molecule has 1 aliphatic carbocycles. The van der Waals surface area contributed by atoms with Gasteiger partial charge >= 0.3 is 13.3 Å². The lowest BCUT2D eigenvalue weighted by Crippen LogP contribution is -2.37. The maximum Gasteiger partial charge on any atom is 0.489 e. The number of carbonyl (C=O) groups excluding carboxylic acids is 1. The average molecular weight is 621 g/mol. The Morgan fingerprint density at radius 2 is 1.79 bits per heavy atom. The number of halogens is 4. The van der Waals surface area contributed by atoms with E-state index in [2.05, 4.69) is 5.32 Å². The molecular weight excluding hydrogens is 596 g/mol. The van der Waals surface area contributed by atoms with E-state index in [1.807, 2.05) is 0 Å². The van der Waals surface area contributed by atoms with Crippen molar-refractivity contribution in [2.24, 2.45) is 0 Å². The van der Waals surface area contributed by atoms with E-state index in [4.69, 9.17) is 16.0 Å². The lowest BCUT2D eigenvalue weighted by molar-refractivity contribution is -0.136. The van der Waals surface area contributed by atoms with Crippen LogP contribution in [-0.2, 0) is 22.7 Å². The van der Waals surface area contributed by atoms with E-state index in [9.17, 15) is 36.4 Å². The first-order chi connectivity index (χ1) is 19.7. The summed E-state index contributed by atoms with van der Waals surface area (Å²) >= 11 is 6.03. The van der Waals surface area contributed by atoms with Crippen LogP contribution < -0.4 is 15.1 Å². The van der Waals surface area contributed by atoms with Gasteiger partial charge in [0, 0.05) is 29.1 Å².